The Morgan fingerprint density at radius 2 is 1.00 bits per heavy atom. The van der Waals surface area contributed by atoms with Gasteiger partial charge in [-0.2, -0.15) is 0 Å². The molecule has 0 N–H and O–H groups in total. The molecule has 0 unspecified atom stereocenters. The Hall–Kier alpha value is -0.437. The first-order valence-corrected chi connectivity index (χ1v) is 3.02. The molecule has 0 fully saturated rings. The van der Waals surface area contributed by atoms with Crippen LogP contribution >= 0.6 is 0 Å². The minimum Gasteiger partial charge on any atom is -0.545 e. The fourth-order valence-electron chi connectivity index (χ4n) is 0. The van der Waals surface area contributed by atoms with Gasteiger partial charge in [-0.25, -0.2) is 0 Å². The zero-order valence-electron chi connectivity index (χ0n) is 8.13. The van der Waals surface area contributed by atoms with Gasteiger partial charge in [0.15, 0.2) is 0 Å². The van der Waals surface area contributed by atoms with Crippen LogP contribution in [0, 0.1) is 0 Å². The zero-order chi connectivity index (χ0) is 10.3. The van der Waals surface area contributed by atoms with Crippen molar-refractivity contribution in [3.05, 3.63) is 24.3 Å². The van der Waals surface area contributed by atoms with Gasteiger partial charge in [-0.05, 0) is 25.0 Å². The zero-order valence-corrected chi connectivity index (χ0v) is 12.3. The van der Waals surface area contributed by atoms with Gasteiger partial charge in [0.25, 0.3) is 0 Å². The van der Waals surface area contributed by atoms with E-state index in [4.69, 9.17) is 0 Å². The van der Waals surface area contributed by atoms with E-state index in [1.165, 1.54) is 13.8 Å². The second-order valence-electron chi connectivity index (χ2n) is 2.14. The number of carboxylic acids is 2. The van der Waals surface area contributed by atoms with Crippen molar-refractivity contribution in [2.45, 2.75) is 13.8 Å². The van der Waals surface area contributed by atoms with E-state index in [1.54, 1.807) is 0 Å². The maximum Gasteiger partial charge on any atom is 2.00 e. The summed E-state index contributed by atoms with van der Waals surface area (Å²) < 4.78 is 0. The molecule has 0 atom stereocenters. The van der Waals surface area contributed by atoms with Crippen molar-refractivity contribution >= 4 is 11.9 Å². The van der Waals surface area contributed by atoms with E-state index in [0.717, 1.165) is 0 Å². The summed E-state index contributed by atoms with van der Waals surface area (Å²) in [6.45, 7) is 8.95. The molecule has 1 radical (unpaired) electrons. The molecule has 14 heavy (non-hydrogen) atoms. The van der Waals surface area contributed by atoms with E-state index in [0.29, 0.717) is 0 Å². The third kappa shape index (κ3) is 22.6. The summed E-state index contributed by atoms with van der Waals surface area (Å²) in [5, 5.41) is 19.0. The molecule has 0 aliphatic carbocycles. The van der Waals surface area contributed by atoms with E-state index < -0.39 is 11.9 Å². The number of hydrogen-bond acceptors (Lipinski definition) is 4. The van der Waals surface area contributed by atoms with Crippen molar-refractivity contribution in [2.24, 2.45) is 0 Å². The second kappa shape index (κ2) is 12.6. The van der Waals surface area contributed by atoms with E-state index >= 15 is 0 Å². The Morgan fingerprint density at radius 3 is 1.00 bits per heavy atom. The SMILES string of the molecule is C=C(C)C(=O)[O-].C=C(C)C(=O)[O-].[Mn+2].[Zn]. The molecule has 6 heteroatoms. The van der Waals surface area contributed by atoms with Crippen LogP contribution in [0.15, 0.2) is 24.3 Å². The summed E-state index contributed by atoms with van der Waals surface area (Å²) in [6.07, 6.45) is 0. The quantitative estimate of drug-likeness (QED) is 0.464. The average Bonchev–Trinajstić information content (AvgIpc) is 1.88. The molecule has 0 aromatic carbocycles. The summed E-state index contributed by atoms with van der Waals surface area (Å²) >= 11 is 0. The molecule has 0 spiro atoms. The van der Waals surface area contributed by atoms with Gasteiger partial charge in [-0.3, -0.25) is 0 Å². The molecule has 0 heterocycles. The van der Waals surface area contributed by atoms with Crippen LogP contribution in [0.1, 0.15) is 13.8 Å². The summed E-state index contributed by atoms with van der Waals surface area (Å²) in [4.78, 5) is 19.0. The Balaban J connectivity index is -0.0000000625. The minimum atomic E-state index is -1.19. The van der Waals surface area contributed by atoms with Gasteiger partial charge in [0, 0.05) is 19.5 Å². The maximum absolute atomic E-state index is 9.49. The van der Waals surface area contributed by atoms with Gasteiger partial charge in [0.2, 0.25) is 0 Å². The van der Waals surface area contributed by atoms with Gasteiger partial charge >= 0.3 is 17.1 Å². The van der Waals surface area contributed by atoms with E-state index in [2.05, 4.69) is 13.2 Å². The molecule has 0 aliphatic rings. The van der Waals surface area contributed by atoms with Crippen molar-refractivity contribution in [2.75, 3.05) is 0 Å². The van der Waals surface area contributed by atoms with Crippen molar-refractivity contribution in [3.63, 3.8) is 0 Å². The molecule has 0 aromatic rings. The summed E-state index contributed by atoms with van der Waals surface area (Å²) in [6, 6.07) is 0. The van der Waals surface area contributed by atoms with E-state index in [-0.39, 0.29) is 47.7 Å². The van der Waals surface area contributed by atoms with Crippen molar-refractivity contribution < 1.29 is 56.3 Å². The number of carboxylic acid groups (broad SMARTS) is 2. The van der Waals surface area contributed by atoms with Crippen molar-refractivity contribution in [3.8, 4) is 0 Å². The molecule has 0 aliphatic heterocycles. The molecule has 0 bridgehead atoms. The van der Waals surface area contributed by atoms with Crippen LogP contribution in [0.2, 0.25) is 0 Å². The third-order valence-corrected chi connectivity index (χ3v) is 0.697. The van der Waals surface area contributed by atoms with E-state index in [1.807, 2.05) is 0 Å². The fourth-order valence-corrected chi connectivity index (χ4v) is 0. The summed E-state index contributed by atoms with van der Waals surface area (Å²) in [7, 11) is 0. The topological polar surface area (TPSA) is 80.3 Å². The smallest absolute Gasteiger partial charge is 0.545 e. The Bertz CT molecular complexity index is 177. The number of aliphatic carboxylic acids is 2. The second-order valence-corrected chi connectivity index (χ2v) is 2.14. The molecular formula is C8H10MnO4Zn. The Labute approximate surface area is 106 Å². The van der Waals surface area contributed by atoms with E-state index in [9.17, 15) is 19.8 Å². The number of carbonyl (C=O) groups is 2. The fraction of sp³-hybridized carbons (Fsp3) is 0.250. The van der Waals surface area contributed by atoms with Crippen LogP contribution in [-0.4, -0.2) is 11.9 Å². The van der Waals surface area contributed by atoms with Gasteiger partial charge in [0.05, 0.1) is 11.9 Å². The largest absolute Gasteiger partial charge is 2.00 e. The first-order chi connectivity index (χ1) is 5.29. The molecule has 0 aromatic heterocycles. The molecule has 0 saturated heterocycles. The maximum atomic E-state index is 9.49. The van der Waals surface area contributed by atoms with Gasteiger partial charge in [-0.1, -0.05) is 13.2 Å². The van der Waals surface area contributed by atoms with Crippen molar-refractivity contribution in [1.29, 1.82) is 0 Å². The molecular weight excluding hydrogens is 280 g/mol. The summed E-state index contributed by atoms with van der Waals surface area (Å²) in [5.41, 5.74) is 0.130. The Morgan fingerprint density at radius 1 is 0.929 bits per heavy atom. The van der Waals surface area contributed by atoms with Crippen LogP contribution in [-0.2, 0) is 46.1 Å². The predicted molar refractivity (Wildman–Crippen MR) is 39.6 cm³/mol. The minimum absolute atomic E-state index is 0. The predicted octanol–water partition coefficient (Wildman–Crippen LogP) is -1.38. The third-order valence-electron chi connectivity index (χ3n) is 0.697. The Kier molecular flexibility index (Phi) is 21.0. The van der Waals surface area contributed by atoms with Crippen LogP contribution < -0.4 is 10.2 Å². The molecule has 0 rings (SSSR count). The van der Waals surface area contributed by atoms with Crippen LogP contribution in [0.5, 0.6) is 0 Å². The van der Waals surface area contributed by atoms with Gasteiger partial charge in [-0.15, -0.1) is 0 Å². The summed E-state index contributed by atoms with van der Waals surface area (Å²) in [5.74, 6) is -2.37. The normalized spacial score (nSPS) is 6.43. The van der Waals surface area contributed by atoms with Gasteiger partial charge < -0.3 is 19.8 Å². The average molecular weight is 290 g/mol. The first kappa shape index (κ1) is 23.4. The standard InChI is InChI=1S/2C4H6O2.Mn.Zn/c2*1-3(2)4(5)6;;/h2*1H2,2H3,(H,5,6);;/q;;+2;/p-2. The molecule has 0 amide bonds. The molecule has 0 saturated carbocycles. The molecule has 75 valence electrons. The monoisotopic (exact) mass is 289 g/mol. The van der Waals surface area contributed by atoms with Crippen LogP contribution in [0.25, 0.3) is 0 Å². The van der Waals surface area contributed by atoms with Crippen LogP contribution in [0.4, 0.5) is 0 Å². The number of hydrogen-bond donors (Lipinski definition) is 0. The first-order valence-electron chi connectivity index (χ1n) is 3.02. The number of carbonyl (C=O) groups excluding carboxylic acids is 2. The van der Waals surface area contributed by atoms with Gasteiger partial charge in [0.1, 0.15) is 0 Å². The van der Waals surface area contributed by atoms with Crippen molar-refractivity contribution in [1.82, 2.24) is 0 Å². The number of rotatable bonds is 2. The molecule has 4 nitrogen and oxygen atoms in total. The van der Waals surface area contributed by atoms with Crippen LogP contribution in [0.3, 0.4) is 0 Å².